The highest BCUT2D eigenvalue weighted by atomic mass is 16.5. The van der Waals surface area contributed by atoms with Crippen LogP contribution in [0.3, 0.4) is 0 Å². The molecule has 2 rings (SSSR count). The second-order valence-corrected chi connectivity index (χ2v) is 4.18. The summed E-state index contributed by atoms with van der Waals surface area (Å²) in [6.45, 7) is 4.68. The van der Waals surface area contributed by atoms with E-state index < -0.39 is 0 Å². The van der Waals surface area contributed by atoms with Gasteiger partial charge in [-0.05, 0) is 31.4 Å². The second kappa shape index (κ2) is 4.62. The molecule has 0 N–H and O–H groups in total. The number of aryl methyl sites for hydroxylation is 1. The number of hydrogen-bond donors (Lipinski definition) is 0. The van der Waals surface area contributed by atoms with Gasteiger partial charge in [0.15, 0.2) is 0 Å². The topological polar surface area (TPSA) is 26.3 Å². The molecule has 1 aliphatic rings. The Morgan fingerprint density at radius 2 is 2.00 bits per heavy atom. The third-order valence-electron chi connectivity index (χ3n) is 3.03. The van der Waals surface area contributed by atoms with E-state index in [1.165, 1.54) is 5.56 Å². The molecule has 0 amide bonds. The first-order valence-corrected chi connectivity index (χ1v) is 5.59. The molecule has 2 nitrogen and oxygen atoms in total. The quantitative estimate of drug-likeness (QED) is 0.710. The lowest BCUT2D eigenvalue weighted by atomic mass is 9.93. The van der Waals surface area contributed by atoms with Gasteiger partial charge in [-0.1, -0.05) is 29.8 Å². The van der Waals surface area contributed by atoms with Crippen LogP contribution in [0.25, 0.3) is 5.57 Å². The van der Waals surface area contributed by atoms with Gasteiger partial charge in [-0.3, -0.25) is 4.79 Å². The maximum absolute atomic E-state index is 11.1. The third-order valence-corrected chi connectivity index (χ3v) is 3.03. The molecular weight excluding hydrogens is 200 g/mol. The van der Waals surface area contributed by atoms with E-state index in [-0.39, 0.29) is 6.10 Å². The standard InChI is InChI=1S/C14H16O2/c1-10-3-5-12(6-4-10)13-7-8-16-11(2)14(13)9-15/h3-6,9,11H,7-8H2,1-2H3. The Labute approximate surface area is 95.9 Å². The van der Waals surface area contributed by atoms with E-state index in [1.807, 2.05) is 6.92 Å². The maximum Gasteiger partial charge on any atom is 0.148 e. The molecule has 0 saturated heterocycles. The summed E-state index contributed by atoms with van der Waals surface area (Å²) in [7, 11) is 0. The lowest BCUT2D eigenvalue weighted by Gasteiger charge is -2.23. The Kier molecular flexibility index (Phi) is 3.20. The van der Waals surface area contributed by atoms with Gasteiger partial charge in [-0.25, -0.2) is 0 Å². The summed E-state index contributed by atoms with van der Waals surface area (Å²) in [5, 5.41) is 0. The first kappa shape index (κ1) is 11.1. The molecule has 1 aromatic rings. The van der Waals surface area contributed by atoms with E-state index in [9.17, 15) is 4.79 Å². The highest BCUT2D eigenvalue weighted by Gasteiger charge is 2.20. The van der Waals surface area contributed by atoms with Crippen LogP contribution >= 0.6 is 0 Å². The molecule has 0 bridgehead atoms. The normalized spacial score (nSPS) is 21.0. The smallest absolute Gasteiger partial charge is 0.148 e. The highest BCUT2D eigenvalue weighted by molar-refractivity contribution is 5.89. The SMILES string of the molecule is Cc1ccc(C2=C(C=O)C(C)OCC2)cc1. The average Bonchev–Trinajstić information content (AvgIpc) is 2.30. The van der Waals surface area contributed by atoms with Crippen LogP contribution in [0, 0.1) is 6.92 Å². The highest BCUT2D eigenvalue weighted by Crippen LogP contribution is 2.28. The number of ether oxygens (including phenoxy) is 1. The van der Waals surface area contributed by atoms with Crippen LogP contribution in [0.2, 0.25) is 0 Å². The fraction of sp³-hybridized carbons (Fsp3) is 0.357. The van der Waals surface area contributed by atoms with Gasteiger partial charge in [0, 0.05) is 5.57 Å². The number of benzene rings is 1. The summed E-state index contributed by atoms with van der Waals surface area (Å²) in [5.74, 6) is 0. The van der Waals surface area contributed by atoms with Gasteiger partial charge >= 0.3 is 0 Å². The molecule has 2 heteroatoms. The van der Waals surface area contributed by atoms with Gasteiger partial charge < -0.3 is 4.74 Å². The third kappa shape index (κ3) is 2.07. The number of aldehydes is 1. The summed E-state index contributed by atoms with van der Waals surface area (Å²) in [6, 6.07) is 8.30. The van der Waals surface area contributed by atoms with E-state index in [1.54, 1.807) is 0 Å². The van der Waals surface area contributed by atoms with Crippen molar-refractivity contribution < 1.29 is 9.53 Å². The largest absolute Gasteiger partial charge is 0.373 e. The zero-order valence-electron chi connectivity index (χ0n) is 9.69. The first-order valence-electron chi connectivity index (χ1n) is 5.59. The summed E-state index contributed by atoms with van der Waals surface area (Å²) in [4.78, 5) is 11.1. The maximum atomic E-state index is 11.1. The Hall–Kier alpha value is -1.41. The average molecular weight is 216 g/mol. The van der Waals surface area contributed by atoms with Gasteiger partial charge in [-0.2, -0.15) is 0 Å². The molecule has 0 spiro atoms. The minimum absolute atomic E-state index is 0.0810. The van der Waals surface area contributed by atoms with Gasteiger partial charge in [0.25, 0.3) is 0 Å². The molecule has 0 aromatic heterocycles. The van der Waals surface area contributed by atoms with Crippen molar-refractivity contribution >= 4 is 11.9 Å². The molecule has 1 aliphatic heterocycles. The number of hydrogen-bond acceptors (Lipinski definition) is 2. The van der Waals surface area contributed by atoms with Crippen molar-refractivity contribution in [2.24, 2.45) is 0 Å². The van der Waals surface area contributed by atoms with E-state index in [4.69, 9.17) is 4.74 Å². The van der Waals surface area contributed by atoms with E-state index in [0.717, 1.165) is 29.4 Å². The molecular formula is C14H16O2. The molecule has 0 radical (unpaired) electrons. The van der Waals surface area contributed by atoms with Crippen molar-refractivity contribution in [1.29, 1.82) is 0 Å². The second-order valence-electron chi connectivity index (χ2n) is 4.18. The summed E-state index contributed by atoms with van der Waals surface area (Å²) in [6.07, 6.45) is 1.67. The molecule has 0 fully saturated rings. The van der Waals surface area contributed by atoms with Gasteiger partial charge in [0.2, 0.25) is 0 Å². The predicted octanol–water partition coefficient (Wildman–Crippen LogP) is 2.76. The fourth-order valence-electron chi connectivity index (χ4n) is 2.05. The van der Waals surface area contributed by atoms with Crippen molar-refractivity contribution in [2.45, 2.75) is 26.4 Å². The molecule has 0 saturated carbocycles. The zero-order chi connectivity index (χ0) is 11.5. The van der Waals surface area contributed by atoms with E-state index >= 15 is 0 Å². The lowest BCUT2D eigenvalue weighted by molar-refractivity contribution is -0.106. The van der Waals surface area contributed by atoms with Gasteiger partial charge in [0.1, 0.15) is 6.29 Å². The van der Waals surface area contributed by atoms with Crippen molar-refractivity contribution in [1.82, 2.24) is 0 Å². The molecule has 84 valence electrons. The molecule has 16 heavy (non-hydrogen) atoms. The summed E-state index contributed by atoms with van der Waals surface area (Å²) < 4.78 is 5.47. The Morgan fingerprint density at radius 3 is 2.62 bits per heavy atom. The molecule has 1 atom stereocenters. The number of carbonyl (C=O) groups excluding carboxylic acids is 1. The lowest BCUT2D eigenvalue weighted by Crippen LogP contribution is -2.20. The Balaban J connectivity index is 2.44. The molecule has 1 heterocycles. The monoisotopic (exact) mass is 216 g/mol. The minimum Gasteiger partial charge on any atom is -0.373 e. The summed E-state index contributed by atoms with van der Waals surface area (Å²) in [5.41, 5.74) is 4.30. The van der Waals surface area contributed by atoms with Crippen LogP contribution in [0.1, 0.15) is 24.5 Å². The molecule has 0 aliphatic carbocycles. The van der Waals surface area contributed by atoms with Crippen LogP contribution in [-0.4, -0.2) is 19.0 Å². The molecule has 1 aromatic carbocycles. The van der Waals surface area contributed by atoms with E-state index in [0.29, 0.717) is 6.61 Å². The van der Waals surface area contributed by atoms with Gasteiger partial charge in [0.05, 0.1) is 12.7 Å². The fourth-order valence-corrected chi connectivity index (χ4v) is 2.05. The Bertz CT molecular complexity index is 415. The van der Waals surface area contributed by atoms with Crippen molar-refractivity contribution in [2.75, 3.05) is 6.61 Å². The van der Waals surface area contributed by atoms with Crippen molar-refractivity contribution in [3.63, 3.8) is 0 Å². The minimum atomic E-state index is -0.0810. The number of rotatable bonds is 2. The predicted molar refractivity (Wildman–Crippen MR) is 64.2 cm³/mol. The van der Waals surface area contributed by atoms with Crippen LogP contribution in [0.15, 0.2) is 29.8 Å². The Morgan fingerprint density at radius 1 is 1.31 bits per heavy atom. The van der Waals surface area contributed by atoms with Crippen molar-refractivity contribution in [3.8, 4) is 0 Å². The summed E-state index contributed by atoms with van der Waals surface area (Å²) >= 11 is 0. The first-order chi connectivity index (χ1) is 7.72. The number of carbonyl (C=O) groups is 1. The van der Waals surface area contributed by atoms with Crippen LogP contribution in [-0.2, 0) is 9.53 Å². The van der Waals surface area contributed by atoms with Crippen LogP contribution in [0.5, 0.6) is 0 Å². The van der Waals surface area contributed by atoms with Crippen LogP contribution < -0.4 is 0 Å². The molecule has 1 unspecified atom stereocenters. The van der Waals surface area contributed by atoms with Gasteiger partial charge in [-0.15, -0.1) is 0 Å². The van der Waals surface area contributed by atoms with Crippen LogP contribution in [0.4, 0.5) is 0 Å². The van der Waals surface area contributed by atoms with E-state index in [2.05, 4.69) is 31.2 Å². The zero-order valence-corrected chi connectivity index (χ0v) is 9.69. The van der Waals surface area contributed by atoms with Crippen molar-refractivity contribution in [3.05, 3.63) is 41.0 Å².